The first-order valence-corrected chi connectivity index (χ1v) is 7.02. The van der Waals surface area contributed by atoms with E-state index in [-0.39, 0.29) is 5.91 Å². The summed E-state index contributed by atoms with van der Waals surface area (Å²) in [6.45, 7) is 0.398. The second kappa shape index (κ2) is 5.79. The zero-order chi connectivity index (χ0) is 16.6. The Morgan fingerprint density at radius 3 is 2.65 bits per heavy atom. The van der Waals surface area contributed by atoms with Crippen molar-refractivity contribution >= 4 is 17.5 Å². The van der Waals surface area contributed by atoms with Crippen LogP contribution in [0.3, 0.4) is 0 Å². The van der Waals surface area contributed by atoms with E-state index in [4.69, 9.17) is 0 Å². The van der Waals surface area contributed by atoms with Gasteiger partial charge in [-0.3, -0.25) is 14.3 Å². The van der Waals surface area contributed by atoms with Gasteiger partial charge in [0.2, 0.25) is 5.91 Å². The van der Waals surface area contributed by atoms with E-state index in [9.17, 15) is 18.4 Å². The van der Waals surface area contributed by atoms with Gasteiger partial charge < -0.3 is 10.2 Å². The Labute approximate surface area is 130 Å². The van der Waals surface area contributed by atoms with Crippen molar-refractivity contribution in [1.29, 1.82) is 0 Å². The molecule has 0 radical (unpaired) electrons. The van der Waals surface area contributed by atoms with E-state index in [1.54, 1.807) is 24.1 Å². The molecule has 0 unspecified atom stereocenters. The molecule has 1 saturated heterocycles. The number of rotatable bonds is 3. The van der Waals surface area contributed by atoms with Crippen molar-refractivity contribution in [3.8, 4) is 0 Å². The monoisotopic (exact) mass is 320 g/mol. The van der Waals surface area contributed by atoms with E-state index < -0.39 is 29.1 Å². The molecular weight excluding hydrogens is 306 g/mol. The summed E-state index contributed by atoms with van der Waals surface area (Å²) in [5.74, 6) is -3.19. The fourth-order valence-corrected chi connectivity index (χ4v) is 2.56. The number of aromatic nitrogens is 2. The largest absolute Gasteiger partial charge is 0.340 e. The maximum Gasteiger partial charge on any atom is 0.257 e. The maximum absolute atomic E-state index is 13.6. The summed E-state index contributed by atoms with van der Waals surface area (Å²) in [6, 6.07) is 2.35. The molecule has 23 heavy (non-hydrogen) atoms. The van der Waals surface area contributed by atoms with Gasteiger partial charge in [-0.25, -0.2) is 8.78 Å². The number of carbonyl (C=O) groups excluding carboxylic acids is 2. The lowest BCUT2D eigenvalue weighted by molar-refractivity contribution is -0.118. The number of aryl methyl sites for hydroxylation is 1. The second-order valence-electron chi connectivity index (χ2n) is 5.27. The highest BCUT2D eigenvalue weighted by Gasteiger charge is 2.35. The van der Waals surface area contributed by atoms with Crippen molar-refractivity contribution in [3.63, 3.8) is 0 Å². The summed E-state index contributed by atoms with van der Waals surface area (Å²) >= 11 is 0. The molecule has 0 saturated carbocycles. The Balaban J connectivity index is 1.74. The lowest BCUT2D eigenvalue weighted by atomic mass is 10.1. The number of nitrogens with one attached hydrogen (secondary N) is 1. The molecule has 0 bridgehead atoms. The fourth-order valence-electron chi connectivity index (χ4n) is 2.56. The molecule has 1 fully saturated rings. The summed E-state index contributed by atoms with van der Waals surface area (Å²) < 4.78 is 28.8. The zero-order valence-corrected chi connectivity index (χ0v) is 12.3. The van der Waals surface area contributed by atoms with Crippen LogP contribution in [0.4, 0.5) is 14.5 Å². The van der Waals surface area contributed by atoms with Crippen molar-refractivity contribution in [3.05, 3.63) is 47.8 Å². The lowest BCUT2D eigenvalue weighted by Gasteiger charge is -2.15. The predicted octanol–water partition coefficient (Wildman–Crippen LogP) is 1.23. The van der Waals surface area contributed by atoms with E-state index in [0.717, 1.165) is 12.1 Å². The van der Waals surface area contributed by atoms with Crippen molar-refractivity contribution in [1.82, 2.24) is 15.1 Å². The number of anilines is 1. The SMILES string of the molecule is Cn1cc(N2CC[C@@H](NC(=O)c3c(F)cccc3F)C2=O)cn1. The molecule has 120 valence electrons. The smallest absolute Gasteiger partial charge is 0.257 e. The maximum atomic E-state index is 13.6. The van der Waals surface area contributed by atoms with E-state index in [0.29, 0.717) is 18.7 Å². The van der Waals surface area contributed by atoms with Crippen LogP contribution in [0.25, 0.3) is 0 Å². The van der Waals surface area contributed by atoms with Crippen LogP contribution < -0.4 is 10.2 Å². The number of amides is 2. The molecule has 0 spiro atoms. The van der Waals surface area contributed by atoms with Gasteiger partial charge >= 0.3 is 0 Å². The zero-order valence-electron chi connectivity index (χ0n) is 12.3. The first-order chi connectivity index (χ1) is 11.0. The summed E-state index contributed by atoms with van der Waals surface area (Å²) in [5, 5.41) is 6.38. The Kier molecular flexibility index (Phi) is 3.81. The number of hydrogen-bond acceptors (Lipinski definition) is 3. The minimum atomic E-state index is -0.961. The number of halogens is 2. The highest BCUT2D eigenvalue weighted by atomic mass is 19.1. The normalized spacial score (nSPS) is 17.6. The molecule has 1 N–H and O–H groups in total. The van der Waals surface area contributed by atoms with Crippen LogP contribution in [0.1, 0.15) is 16.8 Å². The Bertz CT molecular complexity index is 754. The van der Waals surface area contributed by atoms with E-state index in [1.807, 2.05) is 0 Å². The van der Waals surface area contributed by atoms with E-state index in [2.05, 4.69) is 10.4 Å². The van der Waals surface area contributed by atoms with E-state index >= 15 is 0 Å². The molecule has 2 amide bonds. The van der Waals surface area contributed by atoms with Crippen LogP contribution >= 0.6 is 0 Å². The molecule has 0 aliphatic carbocycles. The van der Waals surface area contributed by atoms with Crippen molar-refractivity contribution in [2.75, 3.05) is 11.4 Å². The standard InChI is InChI=1S/C15H14F2N4O2/c1-20-8-9(7-18-20)21-6-5-12(15(21)23)19-14(22)13-10(16)3-2-4-11(13)17/h2-4,7-8,12H,5-6H2,1H3,(H,19,22)/t12-/m1/s1. The van der Waals surface area contributed by atoms with Gasteiger partial charge in [0.1, 0.15) is 23.2 Å². The van der Waals surface area contributed by atoms with Gasteiger partial charge in [0.05, 0.1) is 11.9 Å². The van der Waals surface area contributed by atoms with Crippen LogP contribution in [0, 0.1) is 11.6 Å². The van der Waals surface area contributed by atoms with Gasteiger partial charge in [-0.15, -0.1) is 0 Å². The molecule has 2 aromatic rings. The molecule has 1 aromatic heterocycles. The molecule has 1 aromatic carbocycles. The minimum absolute atomic E-state index is 0.330. The molecular formula is C15H14F2N4O2. The Morgan fingerprint density at radius 2 is 2.04 bits per heavy atom. The highest BCUT2D eigenvalue weighted by Crippen LogP contribution is 2.21. The molecule has 6 nitrogen and oxygen atoms in total. The first kappa shape index (κ1) is 15.1. The fraction of sp³-hybridized carbons (Fsp3) is 0.267. The highest BCUT2D eigenvalue weighted by molar-refractivity contribution is 6.03. The first-order valence-electron chi connectivity index (χ1n) is 7.02. The number of benzene rings is 1. The van der Waals surface area contributed by atoms with Crippen LogP contribution in [0.2, 0.25) is 0 Å². The third-order valence-corrected chi connectivity index (χ3v) is 3.70. The molecule has 8 heteroatoms. The van der Waals surface area contributed by atoms with Crippen LogP contribution in [-0.2, 0) is 11.8 Å². The lowest BCUT2D eigenvalue weighted by Crippen LogP contribution is -2.42. The van der Waals surface area contributed by atoms with Gasteiger partial charge in [-0.1, -0.05) is 6.07 Å². The third-order valence-electron chi connectivity index (χ3n) is 3.70. The van der Waals surface area contributed by atoms with Gasteiger partial charge in [0.15, 0.2) is 0 Å². The van der Waals surface area contributed by atoms with Gasteiger partial charge in [0.25, 0.3) is 5.91 Å². The van der Waals surface area contributed by atoms with Gasteiger partial charge in [-0.05, 0) is 18.6 Å². The average Bonchev–Trinajstić information content (AvgIpc) is 3.06. The number of carbonyl (C=O) groups is 2. The predicted molar refractivity (Wildman–Crippen MR) is 77.8 cm³/mol. The summed E-state index contributed by atoms with van der Waals surface area (Å²) in [7, 11) is 1.73. The molecule has 2 heterocycles. The third kappa shape index (κ3) is 2.79. The second-order valence-corrected chi connectivity index (χ2v) is 5.27. The topological polar surface area (TPSA) is 67.2 Å². The molecule has 3 rings (SSSR count). The number of hydrogen-bond donors (Lipinski definition) is 1. The summed E-state index contributed by atoms with van der Waals surface area (Å²) in [4.78, 5) is 25.9. The number of nitrogens with zero attached hydrogens (tertiary/aromatic N) is 3. The van der Waals surface area contributed by atoms with Crippen LogP contribution in [0.5, 0.6) is 0 Å². The average molecular weight is 320 g/mol. The minimum Gasteiger partial charge on any atom is -0.340 e. The molecule has 1 atom stereocenters. The van der Waals surface area contributed by atoms with Gasteiger partial charge in [-0.2, -0.15) is 5.10 Å². The molecule has 1 aliphatic heterocycles. The van der Waals surface area contributed by atoms with Crippen molar-refractivity contribution in [2.45, 2.75) is 12.5 Å². The van der Waals surface area contributed by atoms with E-state index in [1.165, 1.54) is 11.0 Å². The molecule has 1 aliphatic rings. The summed E-state index contributed by atoms with van der Waals surface area (Å²) in [6.07, 6.45) is 3.58. The summed E-state index contributed by atoms with van der Waals surface area (Å²) in [5.41, 5.74) is -0.0635. The van der Waals surface area contributed by atoms with Crippen LogP contribution in [-0.4, -0.2) is 34.2 Å². The van der Waals surface area contributed by atoms with Gasteiger partial charge in [0, 0.05) is 19.8 Å². The van der Waals surface area contributed by atoms with Crippen molar-refractivity contribution < 1.29 is 18.4 Å². The quantitative estimate of drug-likeness (QED) is 0.925. The van der Waals surface area contributed by atoms with Crippen molar-refractivity contribution in [2.24, 2.45) is 7.05 Å². The Hall–Kier alpha value is -2.77. The Morgan fingerprint density at radius 1 is 1.35 bits per heavy atom. The van der Waals surface area contributed by atoms with Crippen LogP contribution in [0.15, 0.2) is 30.6 Å².